The number of benzene rings is 1. The Kier molecular flexibility index (Phi) is 3.89. The third-order valence-corrected chi connectivity index (χ3v) is 5.20. The van der Waals surface area contributed by atoms with Gasteiger partial charge in [-0.15, -0.1) is 0 Å². The standard InChI is InChI=1S/C21H25N3/c1-14-9-15(2)21-18-13-23-16(3)11-19(18)24(20(21)10-14)8-6-17-5-4-7-22-12-17/h4-5,7,9-10,12,16,23H,6,8,11,13H2,1-3H3. The number of aryl methyl sites for hydroxylation is 4. The van der Waals surface area contributed by atoms with Gasteiger partial charge in [0.15, 0.2) is 0 Å². The second kappa shape index (κ2) is 6.06. The molecule has 0 bridgehead atoms. The molecule has 3 nitrogen and oxygen atoms in total. The van der Waals surface area contributed by atoms with Crippen LogP contribution < -0.4 is 5.32 Å². The lowest BCUT2D eigenvalue weighted by atomic mass is 9.98. The lowest BCUT2D eigenvalue weighted by molar-refractivity contribution is 0.492. The molecule has 3 aromatic rings. The second-order valence-corrected chi connectivity index (χ2v) is 7.15. The molecule has 1 aliphatic rings. The van der Waals surface area contributed by atoms with Gasteiger partial charge >= 0.3 is 0 Å². The van der Waals surface area contributed by atoms with E-state index in [1.54, 1.807) is 0 Å². The molecule has 0 amide bonds. The minimum absolute atomic E-state index is 0.542. The van der Waals surface area contributed by atoms with Crippen molar-refractivity contribution < 1.29 is 0 Å². The topological polar surface area (TPSA) is 29.9 Å². The van der Waals surface area contributed by atoms with Gasteiger partial charge in [0, 0.05) is 54.5 Å². The fourth-order valence-corrected chi connectivity index (χ4v) is 4.11. The van der Waals surface area contributed by atoms with Crippen LogP contribution in [-0.4, -0.2) is 15.6 Å². The Bertz CT molecular complexity index is 877. The van der Waals surface area contributed by atoms with Crippen LogP contribution in [-0.2, 0) is 25.9 Å². The molecule has 0 aliphatic carbocycles. The molecule has 1 atom stereocenters. The summed E-state index contributed by atoms with van der Waals surface area (Å²) in [5.74, 6) is 0. The average Bonchev–Trinajstić information content (AvgIpc) is 2.86. The smallest absolute Gasteiger partial charge is 0.0491 e. The fraction of sp³-hybridized carbons (Fsp3) is 0.381. The van der Waals surface area contributed by atoms with Gasteiger partial charge in [-0.25, -0.2) is 0 Å². The fourth-order valence-electron chi connectivity index (χ4n) is 4.11. The number of aromatic nitrogens is 2. The van der Waals surface area contributed by atoms with Crippen molar-refractivity contribution in [1.29, 1.82) is 0 Å². The molecule has 124 valence electrons. The van der Waals surface area contributed by atoms with Gasteiger partial charge < -0.3 is 9.88 Å². The zero-order chi connectivity index (χ0) is 16.7. The third kappa shape index (κ3) is 2.63. The molecule has 3 heterocycles. The molecular weight excluding hydrogens is 294 g/mol. The highest BCUT2D eigenvalue weighted by Crippen LogP contribution is 2.33. The van der Waals surface area contributed by atoms with Crippen LogP contribution in [0.5, 0.6) is 0 Å². The first kappa shape index (κ1) is 15.4. The van der Waals surface area contributed by atoms with Crippen molar-refractivity contribution in [3.05, 3.63) is 64.6 Å². The Morgan fingerprint density at radius 2 is 2.17 bits per heavy atom. The van der Waals surface area contributed by atoms with E-state index in [2.05, 4.69) is 53.8 Å². The Morgan fingerprint density at radius 3 is 2.96 bits per heavy atom. The van der Waals surface area contributed by atoms with Gasteiger partial charge in [0.1, 0.15) is 0 Å². The number of hydrogen-bond donors (Lipinski definition) is 1. The van der Waals surface area contributed by atoms with E-state index >= 15 is 0 Å². The van der Waals surface area contributed by atoms with Gasteiger partial charge in [-0.05, 0) is 61.6 Å². The molecule has 4 rings (SSSR count). The number of nitrogens with one attached hydrogen (secondary N) is 1. The number of pyridine rings is 1. The van der Waals surface area contributed by atoms with Gasteiger partial charge in [0.25, 0.3) is 0 Å². The molecule has 0 saturated heterocycles. The van der Waals surface area contributed by atoms with Crippen LogP contribution in [0.1, 0.15) is 34.9 Å². The number of rotatable bonds is 3. The molecule has 3 heteroatoms. The van der Waals surface area contributed by atoms with E-state index in [4.69, 9.17) is 0 Å². The normalized spacial score (nSPS) is 17.2. The van der Waals surface area contributed by atoms with Crippen LogP contribution in [0.25, 0.3) is 10.9 Å². The largest absolute Gasteiger partial charge is 0.344 e. The van der Waals surface area contributed by atoms with Crippen molar-refractivity contribution in [2.45, 2.75) is 52.7 Å². The lowest BCUT2D eigenvalue weighted by Crippen LogP contribution is -2.33. The molecule has 24 heavy (non-hydrogen) atoms. The van der Waals surface area contributed by atoms with Gasteiger partial charge in [-0.1, -0.05) is 12.1 Å². The summed E-state index contributed by atoms with van der Waals surface area (Å²) in [6, 6.07) is 9.41. The molecule has 0 radical (unpaired) electrons. The van der Waals surface area contributed by atoms with Crippen molar-refractivity contribution in [3.63, 3.8) is 0 Å². The van der Waals surface area contributed by atoms with Crippen LogP contribution in [0, 0.1) is 13.8 Å². The molecule has 2 aromatic heterocycles. The molecular formula is C21H25N3. The van der Waals surface area contributed by atoms with Gasteiger partial charge in [-0.2, -0.15) is 0 Å². The molecule has 1 aliphatic heterocycles. The molecule has 1 N–H and O–H groups in total. The third-order valence-electron chi connectivity index (χ3n) is 5.20. The van der Waals surface area contributed by atoms with E-state index in [0.29, 0.717) is 6.04 Å². The maximum Gasteiger partial charge on any atom is 0.0491 e. The van der Waals surface area contributed by atoms with E-state index < -0.39 is 0 Å². The van der Waals surface area contributed by atoms with Crippen LogP contribution in [0.4, 0.5) is 0 Å². The summed E-state index contributed by atoms with van der Waals surface area (Å²) < 4.78 is 2.56. The summed E-state index contributed by atoms with van der Waals surface area (Å²) in [5, 5.41) is 5.10. The molecule has 0 saturated carbocycles. The Balaban J connectivity index is 1.82. The minimum atomic E-state index is 0.542. The summed E-state index contributed by atoms with van der Waals surface area (Å²) in [4.78, 5) is 4.26. The van der Waals surface area contributed by atoms with Crippen molar-refractivity contribution >= 4 is 10.9 Å². The van der Waals surface area contributed by atoms with E-state index in [9.17, 15) is 0 Å². The maximum absolute atomic E-state index is 4.26. The van der Waals surface area contributed by atoms with Crippen LogP contribution in [0.15, 0.2) is 36.7 Å². The van der Waals surface area contributed by atoms with Crippen LogP contribution in [0.3, 0.4) is 0 Å². The monoisotopic (exact) mass is 319 g/mol. The summed E-state index contributed by atoms with van der Waals surface area (Å²) in [6.07, 6.45) is 5.96. The number of hydrogen-bond acceptors (Lipinski definition) is 2. The Morgan fingerprint density at radius 1 is 1.29 bits per heavy atom. The summed E-state index contributed by atoms with van der Waals surface area (Å²) >= 11 is 0. The average molecular weight is 319 g/mol. The Labute approximate surface area is 143 Å². The predicted molar refractivity (Wildman–Crippen MR) is 99.4 cm³/mol. The predicted octanol–water partition coefficient (Wildman–Crippen LogP) is 3.93. The first-order valence-electron chi connectivity index (χ1n) is 8.87. The molecule has 0 fully saturated rings. The van der Waals surface area contributed by atoms with Gasteiger partial charge in [0.05, 0.1) is 0 Å². The van der Waals surface area contributed by atoms with Crippen LogP contribution >= 0.6 is 0 Å². The molecule has 1 unspecified atom stereocenters. The highest BCUT2D eigenvalue weighted by molar-refractivity contribution is 5.89. The number of nitrogens with zero attached hydrogens (tertiary/aromatic N) is 2. The van der Waals surface area contributed by atoms with Crippen molar-refractivity contribution in [2.24, 2.45) is 0 Å². The summed E-state index contributed by atoms with van der Waals surface area (Å²) in [6.45, 7) is 8.73. The summed E-state index contributed by atoms with van der Waals surface area (Å²) in [7, 11) is 0. The van der Waals surface area contributed by atoms with Gasteiger partial charge in [-0.3, -0.25) is 4.98 Å². The Hall–Kier alpha value is -2.13. The zero-order valence-corrected chi connectivity index (χ0v) is 14.8. The zero-order valence-electron chi connectivity index (χ0n) is 14.8. The minimum Gasteiger partial charge on any atom is -0.344 e. The van der Waals surface area contributed by atoms with Crippen LogP contribution in [0.2, 0.25) is 0 Å². The SMILES string of the molecule is Cc1cc(C)c2c3c(n(CCc4cccnc4)c2c1)CC(C)NC3. The second-order valence-electron chi connectivity index (χ2n) is 7.15. The highest BCUT2D eigenvalue weighted by atomic mass is 15.0. The van der Waals surface area contributed by atoms with Crippen molar-refractivity contribution in [3.8, 4) is 0 Å². The lowest BCUT2D eigenvalue weighted by Gasteiger charge is -2.23. The molecule has 1 aromatic carbocycles. The first-order chi connectivity index (χ1) is 11.6. The quantitative estimate of drug-likeness (QED) is 0.793. The first-order valence-corrected chi connectivity index (χ1v) is 8.87. The summed E-state index contributed by atoms with van der Waals surface area (Å²) in [5.41, 5.74) is 8.48. The molecule has 0 spiro atoms. The number of fused-ring (bicyclic) bond motifs is 3. The van der Waals surface area contributed by atoms with E-state index in [0.717, 1.165) is 25.9 Å². The van der Waals surface area contributed by atoms with Crippen molar-refractivity contribution in [2.75, 3.05) is 0 Å². The van der Waals surface area contributed by atoms with Crippen molar-refractivity contribution in [1.82, 2.24) is 14.9 Å². The van der Waals surface area contributed by atoms with Gasteiger partial charge in [0.2, 0.25) is 0 Å². The van der Waals surface area contributed by atoms with E-state index in [1.165, 1.54) is 38.9 Å². The maximum atomic E-state index is 4.26. The highest BCUT2D eigenvalue weighted by Gasteiger charge is 2.24. The van der Waals surface area contributed by atoms with E-state index in [-0.39, 0.29) is 0 Å². The van der Waals surface area contributed by atoms with E-state index in [1.807, 2.05) is 18.5 Å².